The zero-order valence-electron chi connectivity index (χ0n) is 13.9. The first-order valence-electron chi connectivity index (χ1n) is 8.06. The predicted molar refractivity (Wildman–Crippen MR) is 92.5 cm³/mol. The van der Waals surface area contributed by atoms with E-state index in [4.69, 9.17) is 15.0 Å². The summed E-state index contributed by atoms with van der Waals surface area (Å²) in [4.78, 5) is 4.49. The summed E-state index contributed by atoms with van der Waals surface area (Å²) in [6.07, 6.45) is 0.471. The number of hydrogen-bond donors (Lipinski definition) is 1. The van der Waals surface area contributed by atoms with Crippen molar-refractivity contribution < 1.29 is 9.26 Å². The van der Waals surface area contributed by atoms with Crippen molar-refractivity contribution in [1.82, 2.24) is 10.1 Å². The Morgan fingerprint density at radius 3 is 2.62 bits per heavy atom. The zero-order chi connectivity index (χ0) is 16.9. The minimum Gasteiger partial charge on any atom is -0.481 e. The number of hydrogen-bond acceptors (Lipinski definition) is 5. The van der Waals surface area contributed by atoms with E-state index < -0.39 is 0 Å². The monoisotopic (exact) mass is 323 g/mol. The lowest BCUT2D eigenvalue weighted by Crippen LogP contribution is -2.07. The summed E-state index contributed by atoms with van der Waals surface area (Å²) >= 11 is 0. The third-order valence-corrected chi connectivity index (χ3v) is 3.80. The molecule has 0 spiro atoms. The molecule has 1 atom stereocenters. The minimum atomic E-state index is -0.267. The van der Waals surface area contributed by atoms with E-state index in [-0.39, 0.29) is 6.10 Å². The van der Waals surface area contributed by atoms with Crippen molar-refractivity contribution in [1.29, 1.82) is 0 Å². The second-order valence-corrected chi connectivity index (χ2v) is 5.69. The van der Waals surface area contributed by atoms with E-state index in [2.05, 4.69) is 10.1 Å². The Labute approximate surface area is 141 Å². The van der Waals surface area contributed by atoms with Gasteiger partial charge in [-0.25, -0.2) is 0 Å². The molecule has 0 fully saturated rings. The summed E-state index contributed by atoms with van der Waals surface area (Å²) in [6.45, 7) is 4.57. The van der Waals surface area contributed by atoms with Gasteiger partial charge in [0.2, 0.25) is 5.82 Å². The van der Waals surface area contributed by atoms with Crippen molar-refractivity contribution in [2.75, 3.05) is 0 Å². The SMILES string of the molecule is CCC(Oc1cccc(C)c1)c1nc(-c2ccc(CN)cc2)no1. The molecule has 1 heterocycles. The maximum Gasteiger partial charge on any atom is 0.268 e. The third-order valence-electron chi connectivity index (χ3n) is 3.80. The van der Waals surface area contributed by atoms with Gasteiger partial charge in [0.15, 0.2) is 6.10 Å². The van der Waals surface area contributed by atoms with Crippen LogP contribution in [-0.2, 0) is 6.54 Å². The van der Waals surface area contributed by atoms with Crippen LogP contribution in [0.5, 0.6) is 5.75 Å². The summed E-state index contributed by atoms with van der Waals surface area (Å²) < 4.78 is 11.4. The first kappa shape index (κ1) is 16.2. The lowest BCUT2D eigenvalue weighted by molar-refractivity contribution is 0.154. The van der Waals surface area contributed by atoms with Crippen LogP contribution in [0.2, 0.25) is 0 Å². The Morgan fingerprint density at radius 1 is 1.17 bits per heavy atom. The molecule has 2 N–H and O–H groups in total. The van der Waals surface area contributed by atoms with Crippen LogP contribution in [0.15, 0.2) is 53.1 Å². The second-order valence-electron chi connectivity index (χ2n) is 5.69. The van der Waals surface area contributed by atoms with Crippen molar-refractivity contribution >= 4 is 0 Å². The Balaban J connectivity index is 1.79. The average Bonchev–Trinajstić information content (AvgIpc) is 3.10. The van der Waals surface area contributed by atoms with Gasteiger partial charge in [0.05, 0.1) is 0 Å². The van der Waals surface area contributed by atoms with Gasteiger partial charge in [-0.05, 0) is 36.6 Å². The molecule has 0 aliphatic heterocycles. The lowest BCUT2D eigenvalue weighted by atomic mass is 10.1. The van der Waals surface area contributed by atoms with Crippen LogP contribution >= 0.6 is 0 Å². The fourth-order valence-electron chi connectivity index (χ4n) is 2.43. The molecule has 0 bridgehead atoms. The van der Waals surface area contributed by atoms with Gasteiger partial charge in [0.1, 0.15) is 5.75 Å². The summed E-state index contributed by atoms with van der Waals surface area (Å²) in [7, 11) is 0. The van der Waals surface area contributed by atoms with E-state index in [0.717, 1.165) is 28.9 Å². The van der Waals surface area contributed by atoms with Gasteiger partial charge < -0.3 is 15.0 Å². The molecule has 0 radical (unpaired) electrons. The maximum absolute atomic E-state index is 6.00. The van der Waals surface area contributed by atoms with Crippen LogP contribution in [0.1, 0.15) is 36.5 Å². The highest BCUT2D eigenvalue weighted by molar-refractivity contribution is 5.54. The highest BCUT2D eigenvalue weighted by Gasteiger charge is 2.20. The number of aryl methyl sites for hydroxylation is 1. The van der Waals surface area contributed by atoms with Crippen LogP contribution in [0.25, 0.3) is 11.4 Å². The van der Waals surface area contributed by atoms with Crippen molar-refractivity contribution in [3.8, 4) is 17.1 Å². The fourth-order valence-corrected chi connectivity index (χ4v) is 2.43. The van der Waals surface area contributed by atoms with E-state index >= 15 is 0 Å². The fraction of sp³-hybridized carbons (Fsp3) is 0.263. The van der Waals surface area contributed by atoms with Gasteiger partial charge >= 0.3 is 0 Å². The standard InChI is InChI=1S/C19H21N3O2/c1-3-17(23-16-6-4-5-13(2)11-16)19-21-18(22-24-19)15-9-7-14(12-20)8-10-15/h4-11,17H,3,12,20H2,1-2H3. The highest BCUT2D eigenvalue weighted by atomic mass is 16.5. The van der Waals surface area contributed by atoms with Crippen molar-refractivity contribution in [2.24, 2.45) is 5.73 Å². The Morgan fingerprint density at radius 2 is 1.96 bits per heavy atom. The first-order chi connectivity index (χ1) is 11.7. The van der Waals surface area contributed by atoms with Crippen LogP contribution in [0.4, 0.5) is 0 Å². The van der Waals surface area contributed by atoms with Gasteiger partial charge in [0, 0.05) is 12.1 Å². The quantitative estimate of drug-likeness (QED) is 0.741. The zero-order valence-corrected chi connectivity index (χ0v) is 13.9. The van der Waals surface area contributed by atoms with E-state index in [1.54, 1.807) is 0 Å². The normalized spacial score (nSPS) is 12.1. The number of rotatable bonds is 6. The van der Waals surface area contributed by atoms with Crippen LogP contribution in [-0.4, -0.2) is 10.1 Å². The van der Waals surface area contributed by atoms with E-state index in [1.807, 2.05) is 62.4 Å². The molecule has 5 heteroatoms. The summed E-state index contributed by atoms with van der Waals surface area (Å²) in [5, 5.41) is 4.07. The number of ether oxygens (including phenoxy) is 1. The Kier molecular flexibility index (Phi) is 4.91. The molecule has 0 saturated carbocycles. The summed E-state index contributed by atoms with van der Waals surface area (Å²) in [6, 6.07) is 15.7. The van der Waals surface area contributed by atoms with E-state index in [0.29, 0.717) is 18.3 Å². The molecule has 1 aromatic heterocycles. The van der Waals surface area contributed by atoms with Gasteiger partial charge in [-0.15, -0.1) is 0 Å². The van der Waals surface area contributed by atoms with Gasteiger partial charge in [-0.2, -0.15) is 4.98 Å². The molecule has 3 rings (SSSR count). The molecule has 2 aromatic carbocycles. The number of nitrogens with zero attached hydrogens (tertiary/aromatic N) is 2. The third kappa shape index (κ3) is 3.63. The second kappa shape index (κ2) is 7.27. The largest absolute Gasteiger partial charge is 0.481 e. The lowest BCUT2D eigenvalue weighted by Gasteiger charge is -2.13. The number of nitrogens with two attached hydrogens (primary N) is 1. The first-order valence-corrected chi connectivity index (χ1v) is 8.06. The summed E-state index contributed by atoms with van der Waals surface area (Å²) in [5.41, 5.74) is 8.73. The molecule has 3 aromatic rings. The van der Waals surface area contributed by atoms with Crippen molar-refractivity contribution in [2.45, 2.75) is 32.9 Å². The average molecular weight is 323 g/mol. The maximum atomic E-state index is 6.00. The molecule has 0 amide bonds. The molecule has 124 valence electrons. The predicted octanol–water partition coefficient (Wildman–Crippen LogP) is 4.03. The van der Waals surface area contributed by atoms with Crippen molar-refractivity contribution in [3.05, 3.63) is 65.5 Å². The molecule has 24 heavy (non-hydrogen) atoms. The molecular formula is C19H21N3O2. The highest BCUT2D eigenvalue weighted by Crippen LogP contribution is 2.26. The number of benzene rings is 2. The smallest absolute Gasteiger partial charge is 0.268 e. The Hall–Kier alpha value is -2.66. The number of aromatic nitrogens is 2. The van der Waals surface area contributed by atoms with Crippen molar-refractivity contribution in [3.63, 3.8) is 0 Å². The van der Waals surface area contributed by atoms with Gasteiger partial charge in [0.25, 0.3) is 5.89 Å². The van der Waals surface area contributed by atoms with Gasteiger partial charge in [-0.1, -0.05) is 48.5 Å². The van der Waals surface area contributed by atoms with E-state index in [1.165, 1.54) is 0 Å². The molecule has 0 aliphatic carbocycles. The van der Waals surface area contributed by atoms with Gasteiger partial charge in [-0.3, -0.25) is 0 Å². The topological polar surface area (TPSA) is 74.2 Å². The molecule has 0 aliphatic rings. The molecule has 1 unspecified atom stereocenters. The molecule has 5 nitrogen and oxygen atoms in total. The van der Waals surface area contributed by atoms with Crippen LogP contribution in [0.3, 0.4) is 0 Å². The van der Waals surface area contributed by atoms with Crippen LogP contribution < -0.4 is 10.5 Å². The van der Waals surface area contributed by atoms with E-state index in [9.17, 15) is 0 Å². The molecule has 0 saturated heterocycles. The Bertz CT molecular complexity index is 796. The minimum absolute atomic E-state index is 0.267. The molecular weight excluding hydrogens is 302 g/mol. The summed E-state index contributed by atoms with van der Waals surface area (Å²) in [5.74, 6) is 1.84. The van der Waals surface area contributed by atoms with Crippen LogP contribution in [0, 0.1) is 6.92 Å².